The lowest BCUT2D eigenvalue weighted by Crippen LogP contribution is -2.36. The van der Waals surface area contributed by atoms with Gasteiger partial charge in [-0.2, -0.15) is 0 Å². The fourth-order valence-corrected chi connectivity index (χ4v) is 2.95. The first kappa shape index (κ1) is 15.1. The lowest BCUT2D eigenvalue weighted by atomic mass is 10.1. The van der Waals surface area contributed by atoms with Gasteiger partial charge in [0.15, 0.2) is 0 Å². The lowest BCUT2D eigenvalue weighted by Gasteiger charge is -2.24. The highest BCUT2D eigenvalue weighted by molar-refractivity contribution is 7.80. The average Bonchev–Trinajstić information content (AvgIpc) is 2.93. The molecule has 2 aromatic rings. The Balaban J connectivity index is 2.09. The molecule has 1 atom stereocenters. The smallest absolute Gasteiger partial charge is 0.253 e. The Morgan fingerprint density at radius 2 is 2.20 bits per heavy atom. The van der Waals surface area contributed by atoms with E-state index in [4.69, 9.17) is 0 Å². The molecule has 5 heteroatoms. The molecule has 2 rings (SSSR count). The lowest BCUT2D eigenvalue weighted by molar-refractivity contribution is 0.0743. The number of benzene rings is 1. The molecule has 106 valence electrons. The van der Waals surface area contributed by atoms with E-state index in [1.807, 2.05) is 18.4 Å². The highest BCUT2D eigenvalue weighted by Gasteiger charge is 2.18. The first-order valence-electron chi connectivity index (χ1n) is 6.27. The van der Waals surface area contributed by atoms with Crippen molar-refractivity contribution in [2.45, 2.75) is 24.3 Å². The highest BCUT2D eigenvalue weighted by Crippen LogP contribution is 2.18. The average molecular weight is 309 g/mol. The molecule has 1 amide bonds. The van der Waals surface area contributed by atoms with Crippen molar-refractivity contribution in [1.29, 1.82) is 0 Å². The Labute approximate surface area is 127 Å². The van der Waals surface area contributed by atoms with Crippen LogP contribution in [-0.4, -0.2) is 23.9 Å². The number of likely N-dealkylation sites (N-methyl/N-ethyl adjacent to an activating group) is 1. The van der Waals surface area contributed by atoms with E-state index in [0.717, 1.165) is 6.42 Å². The zero-order chi connectivity index (χ0) is 14.7. The van der Waals surface area contributed by atoms with E-state index in [2.05, 4.69) is 18.7 Å². The van der Waals surface area contributed by atoms with Crippen molar-refractivity contribution >= 4 is 29.9 Å². The summed E-state index contributed by atoms with van der Waals surface area (Å²) < 4.78 is 13.2. The Morgan fingerprint density at radius 1 is 1.45 bits per heavy atom. The van der Waals surface area contributed by atoms with Gasteiger partial charge < -0.3 is 4.90 Å². The van der Waals surface area contributed by atoms with E-state index in [1.54, 1.807) is 23.3 Å². The van der Waals surface area contributed by atoms with Crippen molar-refractivity contribution in [1.82, 2.24) is 4.90 Å². The monoisotopic (exact) mass is 309 g/mol. The Hall–Kier alpha value is -1.33. The predicted octanol–water partition coefficient (Wildman–Crippen LogP) is 3.88. The van der Waals surface area contributed by atoms with E-state index in [9.17, 15) is 9.18 Å². The fraction of sp³-hybridized carbons (Fsp3) is 0.267. The molecule has 0 spiro atoms. The summed E-state index contributed by atoms with van der Waals surface area (Å²) in [5, 5.41) is 2.02. The van der Waals surface area contributed by atoms with Crippen LogP contribution in [0.15, 0.2) is 40.6 Å². The zero-order valence-electron chi connectivity index (χ0n) is 11.3. The van der Waals surface area contributed by atoms with Crippen molar-refractivity contribution in [2.24, 2.45) is 0 Å². The first-order valence-corrected chi connectivity index (χ1v) is 7.59. The Kier molecular flexibility index (Phi) is 4.83. The fourth-order valence-electron chi connectivity index (χ4n) is 1.91. The topological polar surface area (TPSA) is 20.3 Å². The van der Waals surface area contributed by atoms with Crippen LogP contribution in [0.3, 0.4) is 0 Å². The minimum absolute atomic E-state index is 0.0783. The van der Waals surface area contributed by atoms with Gasteiger partial charge in [-0.1, -0.05) is 6.07 Å². The number of hydrogen-bond donors (Lipinski definition) is 1. The zero-order valence-corrected chi connectivity index (χ0v) is 13.0. The molecule has 1 aromatic heterocycles. The standard InChI is InChI=1S/C15H16FNOS2/c1-10(8-12-4-3-7-20-12)17(2)15(18)11-5-6-13(16)14(19)9-11/h3-7,9-10,19H,8H2,1-2H3. The second-order valence-corrected chi connectivity index (χ2v) is 6.23. The molecule has 0 bridgehead atoms. The predicted molar refractivity (Wildman–Crippen MR) is 83.2 cm³/mol. The molecule has 2 nitrogen and oxygen atoms in total. The second kappa shape index (κ2) is 6.41. The van der Waals surface area contributed by atoms with Gasteiger partial charge in [-0.25, -0.2) is 4.39 Å². The van der Waals surface area contributed by atoms with Crippen LogP contribution in [0.25, 0.3) is 0 Å². The largest absolute Gasteiger partial charge is 0.339 e. The minimum atomic E-state index is -0.417. The van der Waals surface area contributed by atoms with Gasteiger partial charge >= 0.3 is 0 Å². The first-order chi connectivity index (χ1) is 9.49. The van der Waals surface area contributed by atoms with Crippen LogP contribution in [0.1, 0.15) is 22.2 Å². The molecule has 0 aliphatic rings. The van der Waals surface area contributed by atoms with Crippen LogP contribution < -0.4 is 0 Å². The van der Waals surface area contributed by atoms with E-state index >= 15 is 0 Å². The molecule has 0 saturated heterocycles. The number of nitrogens with zero attached hydrogens (tertiary/aromatic N) is 1. The maximum atomic E-state index is 13.2. The van der Waals surface area contributed by atoms with E-state index in [0.29, 0.717) is 5.56 Å². The molecule has 0 aliphatic carbocycles. The van der Waals surface area contributed by atoms with Crippen LogP contribution in [0.4, 0.5) is 4.39 Å². The van der Waals surface area contributed by atoms with Crippen molar-refractivity contribution in [2.75, 3.05) is 7.05 Å². The highest BCUT2D eigenvalue weighted by atomic mass is 32.1. The van der Waals surface area contributed by atoms with Crippen molar-refractivity contribution < 1.29 is 9.18 Å². The van der Waals surface area contributed by atoms with Crippen LogP contribution in [-0.2, 0) is 6.42 Å². The number of carbonyl (C=O) groups is 1. The number of hydrogen-bond acceptors (Lipinski definition) is 3. The summed E-state index contributed by atoms with van der Waals surface area (Å²) in [7, 11) is 1.77. The number of thiol groups is 1. The van der Waals surface area contributed by atoms with E-state index < -0.39 is 5.82 Å². The quantitative estimate of drug-likeness (QED) is 0.850. The number of amides is 1. The minimum Gasteiger partial charge on any atom is -0.339 e. The molecule has 1 heterocycles. The molecule has 0 fully saturated rings. The number of rotatable bonds is 4. The van der Waals surface area contributed by atoms with E-state index in [-0.39, 0.29) is 16.8 Å². The Bertz CT molecular complexity index is 598. The van der Waals surface area contributed by atoms with Gasteiger partial charge in [-0.15, -0.1) is 24.0 Å². The van der Waals surface area contributed by atoms with Gasteiger partial charge in [0, 0.05) is 34.8 Å². The van der Waals surface area contributed by atoms with Gasteiger partial charge in [-0.05, 0) is 36.6 Å². The third-order valence-corrected chi connectivity index (χ3v) is 4.49. The molecule has 0 radical (unpaired) electrons. The van der Waals surface area contributed by atoms with Crippen LogP contribution >= 0.6 is 24.0 Å². The molecule has 1 unspecified atom stereocenters. The maximum Gasteiger partial charge on any atom is 0.253 e. The van der Waals surface area contributed by atoms with Crippen LogP contribution in [0.2, 0.25) is 0 Å². The third-order valence-electron chi connectivity index (χ3n) is 3.25. The van der Waals surface area contributed by atoms with Gasteiger partial charge in [-0.3, -0.25) is 4.79 Å². The number of halogens is 1. The molecule has 0 N–H and O–H groups in total. The van der Waals surface area contributed by atoms with E-state index in [1.165, 1.54) is 23.1 Å². The molecule has 20 heavy (non-hydrogen) atoms. The summed E-state index contributed by atoms with van der Waals surface area (Å²) in [5.41, 5.74) is 0.455. The van der Waals surface area contributed by atoms with Gasteiger partial charge in [0.1, 0.15) is 5.82 Å². The number of carbonyl (C=O) groups excluding carboxylic acids is 1. The molecule has 1 aromatic carbocycles. The van der Waals surface area contributed by atoms with Crippen molar-refractivity contribution in [3.63, 3.8) is 0 Å². The summed E-state index contributed by atoms with van der Waals surface area (Å²) in [6, 6.07) is 8.37. The SMILES string of the molecule is CC(Cc1cccs1)N(C)C(=O)c1ccc(F)c(S)c1. The summed E-state index contributed by atoms with van der Waals surface area (Å²) in [5.74, 6) is -0.538. The van der Waals surface area contributed by atoms with Crippen LogP contribution in [0.5, 0.6) is 0 Å². The van der Waals surface area contributed by atoms with Crippen molar-refractivity contribution in [3.05, 3.63) is 52.0 Å². The summed E-state index contributed by atoms with van der Waals surface area (Å²) >= 11 is 5.69. The van der Waals surface area contributed by atoms with Gasteiger partial charge in [0.05, 0.1) is 0 Å². The molecular weight excluding hydrogens is 293 g/mol. The van der Waals surface area contributed by atoms with Gasteiger partial charge in [0.2, 0.25) is 0 Å². The molecular formula is C15H16FNOS2. The Morgan fingerprint density at radius 3 is 2.80 bits per heavy atom. The van der Waals surface area contributed by atoms with Gasteiger partial charge in [0.25, 0.3) is 5.91 Å². The normalized spacial score (nSPS) is 12.2. The maximum absolute atomic E-state index is 13.2. The second-order valence-electron chi connectivity index (χ2n) is 4.71. The molecule has 0 saturated carbocycles. The summed E-state index contributed by atoms with van der Waals surface area (Å²) in [4.78, 5) is 15.5. The number of thiophene rings is 1. The van der Waals surface area contributed by atoms with Crippen molar-refractivity contribution in [3.8, 4) is 0 Å². The third kappa shape index (κ3) is 3.41. The molecule has 0 aliphatic heterocycles. The summed E-state index contributed by atoms with van der Waals surface area (Å²) in [6.45, 7) is 2.00. The van der Waals surface area contributed by atoms with Crippen LogP contribution in [0, 0.1) is 5.82 Å². The summed E-state index contributed by atoms with van der Waals surface area (Å²) in [6.07, 6.45) is 0.814.